The minimum absolute atomic E-state index is 0. The number of thiophene rings is 1. The molecule has 0 atom stereocenters. The fourth-order valence-corrected chi connectivity index (χ4v) is 4.63. The highest BCUT2D eigenvalue weighted by Crippen LogP contribution is 2.34. The van der Waals surface area contributed by atoms with E-state index in [9.17, 15) is 0 Å². The van der Waals surface area contributed by atoms with Crippen molar-refractivity contribution >= 4 is 44.9 Å². The van der Waals surface area contributed by atoms with E-state index in [-0.39, 0.29) is 12.4 Å². The van der Waals surface area contributed by atoms with Crippen LogP contribution in [-0.2, 0) is 7.05 Å². The Labute approximate surface area is 161 Å². The number of pyridine rings is 1. The summed E-state index contributed by atoms with van der Waals surface area (Å²) >= 11 is 1.72. The lowest BCUT2D eigenvalue weighted by Crippen LogP contribution is -2.29. The van der Waals surface area contributed by atoms with Crippen molar-refractivity contribution in [2.45, 2.75) is 25.8 Å². The summed E-state index contributed by atoms with van der Waals surface area (Å²) in [4.78, 5) is 7.03. The van der Waals surface area contributed by atoms with Crippen LogP contribution in [0.25, 0.3) is 31.7 Å². The SMILES string of the molecule is Cc1nc(-c2cc3cn(C4CCNCC4)nc3s2)cc2cn(C)nc12.Cl. The zero-order chi connectivity index (χ0) is 17.0. The maximum absolute atomic E-state index is 4.83. The van der Waals surface area contributed by atoms with Crippen LogP contribution < -0.4 is 5.32 Å². The number of hydrogen-bond acceptors (Lipinski definition) is 5. The van der Waals surface area contributed by atoms with Gasteiger partial charge in [-0.15, -0.1) is 23.7 Å². The molecule has 0 saturated carbocycles. The predicted octanol–water partition coefficient (Wildman–Crippen LogP) is 3.70. The minimum atomic E-state index is 0. The van der Waals surface area contributed by atoms with Crippen molar-refractivity contribution in [3.8, 4) is 10.6 Å². The van der Waals surface area contributed by atoms with E-state index in [0.29, 0.717) is 6.04 Å². The molecular formula is C18H21ClN6S. The van der Waals surface area contributed by atoms with Crippen molar-refractivity contribution in [1.29, 1.82) is 0 Å². The van der Waals surface area contributed by atoms with Crippen molar-refractivity contribution in [3.63, 3.8) is 0 Å². The fraction of sp³-hybridized carbons (Fsp3) is 0.389. The van der Waals surface area contributed by atoms with Crippen LogP contribution >= 0.6 is 23.7 Å². The number of rotatable bonds is 2. The number of halogens is 1. The number of piperidine rings is 1. The molecule has 4 aromatic heterocycles. The molecule has 0 amide bonds. The molecule has 0 unspecified atom stereocenters. The smallest absolute Gasteiger partial charge is 0.146 e. The van der Waals surface area contributed by atoms with Crippen LogP contribution in [0, 0.1) is 6.92 Å². The van der Waals surface area contributed by atoms with Crippen LogP contribution in [0.4, 0.5) is 0 Å². The van der Waals surface area contributed by atoms with Crippen LogP contribution in [0.1, 0.15) is 24.6 Å². The van der Waals surface area contributed by atoms with E-state index in [0.717, 1.165) is 53.1 Å². The molecule has 5 rings (SSSR count). The standard InChI is InChI=1S/C18H20N6S.ClH/c1-11-17-12(9-23(2)21-17)7-15(20-11)16-8-13-10-24(22-18(13)25-16)14-3-5-19-6-4-14;/h7-10,14,19H,3-6H2,1-2H3;1H. The summed E-state index contributed by atoms with van der Waals surface area (Å²) < 4.78 is 4.01. The molecule has 0 radical (unpaired) electrons. The second kappa shape index (κ2) is 6.64. The number of nitrogens with zero attached hydrogens (tertiary/aromatic N) is 5. The van der Waals surface area contributed by atoms with Crippen molar-refractivity contribution in [1.82, 2.24) is 29.9 Å². The van der Waals surface area contributed by atoms with Gasteiger partial charge in [0, 0.05) is 30.2 Å². The monoisotopic (exact) mass is 388 g/mol. The van der Waals surface area contributed by atoms with Gasteiger partial charge in [0.25, 0.3) is 0 Å². The molecule has 4 aromatic rings. The zero-order valence-electron chi connectivity index (χ0n) is 14.8. The van der Waals surface area contributed by atoms with Gasteiger partial charge in [-0.2, -0.15) is 10.2 Å². The Morgan fingerprint density at radius 3 is 2.69 bits per heavy atom. The Bertz CT molecular complexity index is 1040. The van der Waals surface area contributed by atoms with E-state index >= 15 is 0 Å². The lowest BCUT2D eigenvalue weighted by molar-refractivity contribution is 0.345. The first-order valence-corrected chi connectivity index (χ1v) is 9.50. The molecule has 1 saturated heterocycles. The Morgan fingerprint density at radius 2 is 1.92 bits per heavy atom. The molecule has 136 valence electrons. The van der Waals surface area contributed by atoms with Crippen LogP contribution in [0.5, 0.6) is 0 Å². The van der Waals surface area contributed by atoms with Gasteiger partial charge in [0.15, 0.2) is 0 Å². The van der Waals surface area contributed by atoms with Crippen molar-refractivity contribution in [2.75, 3.05) is 13.1 Å². The third-order valence-corrected chi connectivity index (χ3v) is 5.99. The second-order valence-corrected chi connectivity index (χ2v) is 7.83. The highest BCUT2D eigenvalue weighted by atomic mass is 35.5. The first-order valence-electron chi connectivity index (χ1n) is 8.68. The average molecular weight is 389 g/mol. The molecular weight excluding hydrogens is 368 g/mol. The molecule has 1 fully saturated rings. The van der Waals surface area contributed by atoms with Crippen LogP contribution in [0.3, 0.4) is 0 Å². The van der Waals surface area contributed by atoms with Crippen LogP contribution in [0.15, 0.2) is 24.5 Å². The van der Waals surface area contributed by atoms with E-state index in [1.807, 2.05) is 24.9 Å². The summed E-state index contributed by atoms with van der Waals surface area (Å²) in [6.45, 7) is 4.19. The second-order valence-electron chi connectivity index (χ2n) is 6.79. The van der Waals surface area contributed by atoms with Gasteiger partial charge in [0.2, 0.25) is 0 Å². The number of aryl methyl sites for hydroxylation is 2. The van der Waals surface area contributed by atoms with Gasteiger partial charge in [-0.3, -0.25) is 9.36 Å². The van der Waals surface area contributed by atoms with Gasteiger partial charge in [0.05, 0.1) is 22.3 Å². The van der Waals surface area contributed by atoms with E-state index in [1.54, 1.807) is 11.3 Å². The lowest BCUT2D eigenvalue weighted by Gasteiger charge is -2.22. The average Bonchev–Trinajstić information content (AvgIpc) is 3.27. The van der Waals surface area contributed by atoms with E-state index in [2.05, 4.69) is 33.4 Å². The summed E-state index contributed by atoms with van der Waals surface area (Å²) in [5.41, 5.74) is 2.96. The largest absolute Gasteiger partial charge is 0.317 e. The van der Waals surface area contributed by atoms with Crippen LogP contribution in [0.2, 0.25) is 0 Å². The zero-order valence-corrected chi connectivity index (χ0v) is 16.4. The third kappa shape index (κ3) is 2.90. The molecule has 5 heterocycles. The molecule has 1 aliphatic heterocycles. The number of nitrogens with one attached hydrogen (secondary N) is 1. The maximum atomic E-state index is 4.83. The molecule has 8 heteroatoms. The topological polar surface area (TPSA) is 60.6 Å². The fourth-order valence-electron chi connectivity index (χ4n) is 3.66. The highest BCUT2D eigenvalue weighted by molar-refractivity contribution is 7.21. The minimum Gasteiger partial charge on any atom is -0.317 e. The number of aromatic nitrogens is 5. The summed E-state index contributed by atoms with van der Waals surface area (Å²) in [6.07, 6.45) is 6.55. The Kier molecular flexibility index (Phi) is 4.46. The first kappa shape index (κ1) is 17.5. The van der Waals surface area contributed by atoms with Gasteiger partial charge in [-0.1, -0.05) is 0 Å². The maximum Gasteiger partial charge on any atom is 0.146 e. The summed E-state index contributed by atoms with van der Waals surface area (Å²) in [5, 5.41) is 15.1. The van der Waals surface area contributed by atoms with Gasteiger partial charge >= 0.3 is 0 Å². The third-order valence-electron chi connectivity index (χ3n) is 4.93. The number of hydrogen-bond donors (Lipinski definition) is 1. The Hall–Kier alpha value is -1.96. The van der Waals surface area contributed by atoms with Gasteiger partial charge in [0.1, 0.15) is 10.3 Å². The van der Waals surface area contributed by atoms with Gasteiger partial charge < -0.3 is 5.32 Å². The van der Waals surface area contributed by atoms with E-state index < -0.39 is 0 Å². The Balaban J connectivity index is 0.00000168. The normalized spacial score (nSPS) is 15.6. The van der Waals surface area contributed by atoms with Crippen molar-refractivity contribution < 1.29 is 0 Å². The molecule has 0 aromatic carbocycles. The first-order chi connectivity index (χ1) is 12.2. The van der Waals surface area contributed by atoms with E-state index in [1.165, 1.54) is 10.3 Å². The highest BCUT2D eigenvalue weighted by Gasteiger charge is 2.18. The van der Waals surface area contributed by atoms with E-state index in [4.69, 9.17) is 10.1 Å². The summed E-state index contributed by atoms with van der Waals surface area (Å²) in [6, 6.07) is 4.87. The molecule has 0 bridgehead atoms. The summed E-state index contributed by atoms with van der Waals surface area (Å²) in [5.74, 6) is 0. The molecule has 1 N–H and O–H groups in total. The van der Waals surface area contributed by atoms with Gasteiger partial charge in [-0.25, -0.2) is 4.98 Å². The number of fused-ring (bicyclic) bond motifs is 2. The van der Waals surface area contributed by atoms with Crippen LogP contribution in [-0.4, -0.2) is 37.6 Å². The van der Waals surface area contributed by atoms with Crippen molar-refractivity contribution in [3.05, 3.63) is 30.2 Å². The predicted molar refractivity (Wildman–Crippen MR) is 108 cm³/mol. The molecule has 1 aliphatic rings. The molecule has 26 heavy (non-hydrogen) atoms. The molecule has 0 spiro atoms. The van der Waals surface area contributed by atoms with Gasteiger partial charge in [-0.05, 0) is 45.0 Å². The quantitative estimate of drug-likeness (QED) is 0.568. The Morgan fingerprint density at radius 1 is 1.12 bits per heavy atom. The lowest BCUT2D eigenvalue weighted by atomic mass is 10.1. The molecule has 6 nitrogen and oxygen atoms in total. The summed E-state index contributed by atoms with van der Waals surface area (Å²) in [7, 11) is 1.95. The molecule has 0 aliphatic carbocycles. The van der Waals surface area contributed by atoms with Crippen molar-refractivity contribution in [2.24, 2.45) is 7.05 Å².